The summed E-state index contributed by atoms with van der Waals surface area (Å²) in [6.07, 6.45) is 2.37. The molecule has 0 bridgehead atoms. The number of phenols is 1. The molecule has 4 rings (SSSR count). The number of benzene rings is 2. The summed E-state index contributed by atoms with van der Waals surface area (Å²) in [5.74, 6) is 0.689. The molecule has 5 heteroatoms. The molecule has 0 saturated heterocycles. The number of ether oxygens (including phenoxy) is 1. The summed E-state index contributed by atoms with van der Waals surface area (Å²) in [7, 11) is 1.56. The standard InChI is InChI=1S/C23H24O5/c1-12-15-4-3-5-17-16(7-6-13(9-24)22(17)27)21(15)18-8-14(10-25)19(11-26)23(28-2)20(12)18/h6-8,24-27H,1,3-5,9-11H2,2H3. The van der Waals surface area contributed by atoms with Crippen molar-refractivity contribution in [2.75, 3.05) is 7.11 Å². The largest absolute Gasteiger partial charge is 0.507 e. The zero-order valence-electron chi connectivity index (χ0n) is 15.9. The van der Waals surface area contributed by atoms with Gasteiger partial charge in [0.15, 0.2) is 0 Å². The van der Waals surface area contributed by atoms with Crippen LogP contribution in [0.1, 0.15) is 51.8 Å². The number of aliphatic hydroxyl groups is 3. The van der Waals surface area contributed by atoms with E-state index in [2.05, 4.69) is 6.58 Å². The lowest BCUT2D eigenvalue weighted by Gasteiger charge is -2.19. The number of hydrogen-bond acceptors (Lipinski definition) is 5. The fourth-order valence-electron chi connectivity index (χ4n) is 4.58. The Kier molecular flexibility index (Phi) is 4.75. The maximum absolute atomic E-state index is 10.7. The van der Waals surface area contributed by atoms with E-state index in [4.69, 9.17) is 4.74 Å². The van der Waals surface area contributed by atoms with E-state index >= 15 is 0 Å². The van der Waals surface area contributed by atoms with Crippen LogP contribution in [0.4, 0.5) is 0 Å². The van der Waals surface area contributed by atoms with Gasteiger partial charge >= 0.3 is 0 Å². The minimum absolute atomic E-state index is 0.147. The average Bonchev–Trinajstić information content (AvgIpc) is 2.87. The number of allylic oxidation sites excluding steroid dienone is 2. The van der Waals surface area contributed by atoms with E-state index in [9.17, 15) is 20.4 Å². The summed E-state index contributed by atoms with van der Waals surface area (Å²) in [6.45, 7) is 3.65. The Hall–Kier alpha value is -2.60. The molecule has 2 aliphatic carbocycles. The Balaban J connectivity index is 2.04. The molecule has 0 fully saturated rings. The minimum atomic E-state index is -0.235. The summed E-state index contributed by atoms with van der Waals surface area (Å²) >= 11 is 0. The average molecular weight is 380 g/mol. The van der Waals surface area contributed by atoms with Crippen molar-refractivity contribution in [1.29, 1.82) is 0 Å². The first-order valence-electron chi connectivity index (χ1n) is 9.39. The van der Waals surface area contributed by atoms with Crippen molar-refractivity contribution >= 4 is 11.1 Å². The van der Waals surface area contributed by atoms with Crippen LogP contribution in [0.25, 0.3) is 11.1 Å². The molecule has 0 atom stereocenters. The zero-order valence-corrected chi connectivity index (χ0v) is 15.9. The Morgan fingerprint density at radius 2 is 1.75 bits per heavy atom. The molecule has 0 aliphatic heterocycles. The van der Waals surface area contributed by atoms with Crippen molar-refractivity contribution in [1.82, 2.24) is 0 Å². The molecule has 0 heterocycles. The molecule has 0 saturated carbocycles. The van der Waals surface area contributed by atoms with Gasteiger partial charge in [-0.3, -0.25) is 0 Å². The van der Waals surface area contributed by atoms with E-state index in [1.54, 1.807) is 13.2 Å². The van der Waals surface area contributed by atoms with Gasteiger partial charge in [0.05, 0.1) is 26.9 Å². The van der Waals surface area contributed by atoms with Crippen LogP contribution in [-0.4, -0.2) is 27.5 Å². The van der Waals surface area contributed by atoms with E-state index in [1.807, 2.05) is 12.1 Å². The Bertz CT molecular complexity index is 1020. The number of aromatic hydroxyl groups is 1. The van der Waals surface area contributed by atoms with Gasteiger partial charge in [0, 0.05) is 22.3 Å². The van der Waals surface area contributed by atoms with Crippen LogP contribution < -0.4 is 4.74 Å². The first-order chi connectivity index (χ1) is 13.6. The quantitative estimate of drug-likeness (QED) is 0.655. The highest BCUT2D eigenvalue weighted by Gasteiger charge is 2.34. The lowest BCUT2D eigenvalue weighted by atomic mass is 9.89. The third-order valence-corrected chi connectivity index (χ3v) is 5.91. The molecule has 0 aromatic heterocycles. The van der Waals surface area contributed by atoms with Crippen LogP contribution in [-0.2, 0) is 26.2 Å². The summed E-state index contributed by atoms with van der Waals surface area (Å²) in [5.41, 5.74) is 8.14. The Morgan fingerprint density at radius 3 is 2.39 bits per heavy atom. The topological polar surface area (TPSA) is 90.2 Å². The highest BCUT2D eigenvalue weighted by atomic mass is 16.5. The monoisotopic (exact) mass is 380 g/mol. The molecule has 0 spiro atoms. The third-order valence-electron chi connectivity index (χ3n) is 5.91. The minimum Gasteiger partial charge on any atom is -0.507 e. The molecule has 0 radical (unpaired) electrons. The van der Waals surface area contributed by atoms with Crippen molar-refractivity contribution in [2.45, 2.75) is 39.1 Å². The first-order valence-corrected chi connectivity index (χ1v) is 9.39. The molecular weight excluding hydrogens is 356 g/mol. The molecule has 2 aliphatic rings. The SMILES string of the molecule is C=C1C2=C(c3ccc(CO)c(O)c3CCC2)c2cc(CO)c(CO)c(OC)c21. The molecule has 2 aromatic rings. The summed E-state index contributed by atoms with van der Waals surface area (Å²) in [4.78, 5) is 0. The van der Waals surface area contributed by atoms with Crippen LogP contribution in [0.3, 0.4) is 0 Å². The van der Waals surface area contributed by atoms with Gasteiger partial charge in [0.2, 0.25) is 0 Å². The van der Waals surface area contributed by atoms with Crippen molar-refractivity contribution < 1.29 is 25.2 Å². The Labute approximate surface area is 163 Å². The van der Waals surface area contributed by atoms with Gasteiger partial charge in [-0.1, -0.05) is 18.7 Å². The third kappa shape index (κ3) is 2.51. The molecular formula is C23H24O5. The van der Waals surface area contributed by atoms with Gasteiger partial charge in [0.1, 0.15) is 11.5 Å². The van der Waals surface area contributed by atoms with E-state index in [-0.39, 0.29) is 25.6 Å². The van der Waals surface area contributed by atoms with E-state index in [1.165, 1.54) is 0 Å². The van der Waals surface area contributed by atoms with Crippen molar-refractivity contribution in [3.8, 4) is 11.5 Å². The summed E-state index contributed by atoms with van der Waals surface area (Å²) in [6, 6.07) is 5.58. The van der Waals surface area contributed by atoms with Gasteiger partial charge in [-0.2, -0.15) is 0 Å². The molecule has 28 heavy (non-hydrogen) atoms. The normalized spacial score (nSPS) is 15.2. The van der Waals surface area contributed by atoms with E-state index < -0.39 is 0 Å². The summed E-state index contributed by atoms with van der Waals surface area (Å²) in [5, 5.41) is 39.9. The van der Waals surface area contributed by atoms with Gasteiger partial charge in [-0.25, -0.2) is 0 Å². The highest BCUT2D eigenvalue weighted by Crippen LogP contribution is 2.53. The number of fused-ring (bicyclic) bond motifs is 4. The first kappa shape index (κ1) is 18.7. The predicted octanol–water partition coefficient (Wildman–Crippen LogP) is 3.04. The van der Waals surface area contributed by atoms with Crippen molar-refractivity contribution in [3.63, 3.8) is 0 Å². The predicted molar refractivity (Wildman–Crippen MR) is 107 cm³/mol. The second-order valence-corrected chi connectivity index (χ2v) is 7.23. The lowest BCUT2D eigenvalue weighted by Crippen LogP contribution is -2.04. The van der Waals surface area contributed by atoms with Crippen LogP contribution in [0.2, 0.25) is 0 Å². The van der Waals surface area contributed by atoms with Gasteiger partial charge in [-0.15, -0.1) is 0 Å². The van der Waals surface area contributed by atoms with Crippen LogP contribution in [0, 0.1) is 0 Å². The highest BCUT2D eigenvalue weighted by molar-refractivity contribution is 6.07. The number of hydrogen-bond donors (Lipinski definition) is 4. The zero-order chi connectivity index (χ0) is 20.0. The fraction of sp³-hybridized carbons (Fsp3) is 0.304. The molecule has 5 nitrogen and oxygen atoms in total. The van der Waals surface area contributed by atoms with Crippen LogP contribution in [0.15, 0.2) is 30.4 Å². The molecule has 146 valence electrons. The van der Waals surface area contributed by atoms with Crippen molar-refractivity contribution in [2.24, 2.45) is 0 Å². The van der Waals surface area contributed by atoms with E-state index in [0.717, 1.165) is 51.8 Å². The lowest BCUT2D eigenvalue weighted by molar-refractivity contribution is 0.254. The smallest absolute Gasteiger partial charge is 0.133 e. The van der Waals surface area contributed by atoms with Crippen LogP contribution >= 0.6 is 0 Å². The number of rotatable bonds is 4. The maximum Gasteiger partial charge on any atom is 0.133 e. The second kappa shape index (κ2) is 7.09. The fourth-order valence-corrected chi connectivity index (χ4v) is 4.58. The van der Waals surface area contributed by atoms with Gasteiger partial charge in [-0.05, 0) is 58.7 Å². The molecule has 4 N–H and O–H groups in total. The molecule has 2 aromatic carbocycles. The maximum atomic E-state index is 10.7. The molecule has 0 unspecified atom stereocenters. The number of aliphatic hydroxyl groups excluding tert-OH is 3. The van der Waals surface area contributed by atoms with E-state index in [0.29, 0.717) is 28.9 Å². The van der Waals surface area contributed by atoms with Crippen molar-refractivity contribution in [3.05, 3.63) is 69.3 Å². The number of methoxy groups -OCH3 is 1. The molecule has 0 amide bonds. The summed E-state index contributed by atoms with van der Waals surface area (Å²) < 4.78 is 5.64. The Morgan fingerprint density at radius 1 is 1.00 bits per heavy atom. The second-order valence-electron chi connectivity index (χ2n) is 7.23. The van der Waals surface area contributed by atoms with Crippen LogP contribution in [0.5, 0.6) is 11.5 Å². The van der Waals surface area contributed by atoms with Gasteiger partial charge in [0.25, 0.3) is 0 Å². The van der Waals surface area contributed by atoms with Gasteiger partial charge < -0.3 is 25.2 Å².